The second-order valence-electron chi connectivity index (χ2n) is 3.44. The molecule has 1 rings (SSSR count). The van der Waals surface area contributed by atoms with E-state index in [9.17, 15) is 4.79 Å². The number of carbonyl (C=O) groups is 1. The summed E-state index contributed by atoms with van der Waals surface area (Å²) >= 11 is 0. The molecule has 64 valence electrons. The Morgan fingerprint density at radius 3 is 2.18 bits per heavy atom. The molecule has 0 radical (unpaired) electrons. The molecule has 0 spiro atoms. The van der Waals surface area contributed by atoms with E-state index in [2.05, 4.69) is 0 Å². The van der Waals surface area contributed by atoms with Crippen molar-refractivity contribution in [3.63, 3.8) is 0 Å². The third kappa shape index (κ3) is 1.71. The number of nitrogens with zero attached hydrogens (tertiary/aromatic N) is 1. The van der Waals surface area contributed by atoms with Crippen LogP contribution in [0.3, 0.4) is 0 Å². The first kappa shape index (κ1) is 8.53. The summed E-state index contributed by atoms with van der Waals surface area (Å²) < 4.78 is 0. The molecule has 3 heteroatoms. The molecule has 0 aromatic heterocycles. The molecule has 0 bridgehead atoms. The number of carboxylic acids is 1. The van der Waals surface area contributed by atoms with Crippen LogP contribution in [0.25, 0.3) is 0 Å². The summed E-state index contributed by atoms with van der Waals surface area (Å²) in [6, 6.07) is -0.260. The second kappa shape index (κ2) is 3.22. The van der Waals surface area contributed by atoms with Gasteiger partial charge in [0.25, 0.3) is 0 Å². The van der Waals surface area contributed by atoms with E-state index in [1.807, 2.05) is 14.1 Å². The van der Waals surface area contributed by atoms with Crippen molar-refractivity contribution in [1.29, 1.82) is 0 Å². The van der Waals surface area contributed by atoms with E-state index in [0.717, 1.165) is 12.8 Å². The van der Waals surface area contributed by atoms with Crippen LogP contribution in [0.15, 0.2) is 0 Å². The van der Waals surface area contributed by atoms with E-state index in [-0.39, 0.29) is 6.04 Å². The minimum atomic E-state index is -0.681. The van der Waals surface area contributed by atoms with Gasteiger partial charge in [-0.05, 0) is 32.9 Å². The van der Waals surface area contributed by atoms with E-state index in [1.165, 1.54) is 6.42 Å². The second-order valence-corrected chi connectivity index (χ2v) is 3.44. The SMILES string of the molecule is CN(C)[C@H](C(=O)O)C1CCC1. The highest BCUT2D eigenvalue weighted by Crippen LogP contribution is 2.31. The van der Waals surface area contributed by atoms with Gasteiger partial charge in [0.05, 0.1) is 0 Å². The van der Waals surface area contributed by atoms with E-state index < -0.39 is 5.97 Å². The fourth-order valence-corrected chi connectivity index (χ4v) is 1.60. The Kier molecular flexibility index (Phi) is 2.49. The summed E-state index contributed by atoms with van der Waals surface area (Å²) in [6.45, 7) is 0. The largest absolute Gasteiger partial charge is 0.480 e. The predicted octanol–water partition coefficient (Wildman–Crippen LogP) is 0.801. The maximum Gasteiger partial charge on any atom is 0.321 e. The molecule has 0 heterocycles. The molecule has 3 nitrogen and oxygen atoms in total. The maximum atomic E-state index is 10.7. The third-order valence-corrected chi connectivity index (χ3v) is 2.41. The molecule has 1 N–H and O–H groups in total. The monoisotopic (exact) mass is 157 g/mol. The minimum Gasteiger partial charge on any atom is -0.480 e. The summed E-state index contributed by atoms with van der Waals surface area (Å²) in [7, 11) is 3.66. The van der Waals surface area contributed by atoms with Crippen LogP contribution in [-0.2, 0) is 4.79 Å². The van der Waals surface area contributed by atoms with Crippen molar-refractivity contribution in [2.45, 2.75) is 25.3 Å². The number of aliphatic carboxylic acids is 1. The Labute approximate surface area is 67.0 Å². The molecule has 0 saturated heterocycles. The van der Waals surface area contributed by atoms with Gasteiger partial charge in [-0.25, -0.2) is 0 Å². The fourth-order valence-electron chi connectivity index (χ4n) is 1.60. The molecule has 0 aromatic rings. The molecule has 1 fully saturated rings. The zero-order valence-corrected chi connectivity index (χ0v) is 7.08. The highest BCUT2D eigenvalue weighted by atomic mass is 16.4. The molecule has 1 aliphatic carbocycles. The summed E-state index contributed by atoms with van der Waals surface area (Å²) in [5, 5.41) is 8.84. The lowest BCUT2D eigenvalue weighted by atomic mass is 9.79. The summed E-state index contributed by atoms with van der Waals surface area (Å²) in [6.07, 6.45) is 3.35. The van der Waals surface area contributed by atoms with E-state index in [0.29, 0.717) is 5.92 Å². The van der Waals surface area contributed by atoms with Crippen LogP contribution in [-0.4, -0.2) is 36.1 Å². The molecule has 0 amide bonds. The number of hydrogen-bond acceptors (Lipinski definition) is 2. The molecular formula is C8H15NO2. The van der Waals surface area contributed by atoms with Gasteiger partial charge in [-0.3, -0.25) is 9.69 Å². The first-order valence-corrected chi connectivity index (χ1v) is 4.02. The molecule has 0 unspecified atom stereocenters. The number of likely N-dealkylation sites (N-methyl/N-ethyl adjacent to an activating group) is 1. The molecule has 1 aliphatic rings. The van der Waals surface area contributed by atoms with Crippen molar-refractivity contribution >= 4 is 5.97 Å². The van der Waals surface area contributed by atoms with Crippen molar-refractivity contribution in [2.75, 3.05) is 14.1 Å². The van der Waals surface area contributed by atoms with Gasteiger partial charge in [-0.15, -0.1) is 0 Å². The minimum absolute atomic E-state index is 0.260. The molecule has 0 aromatic carbocycles. The van der Waals surface area contributed by atoms with Crippen LogP contribution in [0.5, 0.6) is 0 Å². The average Bonchev–Trinajstić information content (AvgIpc) is 1.75. The van der Waals surface area contributed by atoms with Crippen molar-refractivity contribution in [1.82, 2.24) is 4.90 Å². The topological polar surface area (TPSA) is 40.5 Å². The summed E-state index contributed by atoms with van der Waals surface area (Å²) in [4.78, 5) is 12.5. The lowest BCUT2D eigenvalue weighted by Gasteiger charge is -2.34. The van der Waals surface area contributed by atoms with Gasteiger partial charge < -0.3 is 5.11 Å². The van der Waals surface area contributed by atoms with Crippen LogP contribution in [0.1, 0.15) is 19.3 Å². The Morgan fingerprint density at radius 2 is 2.09 bits per heavy atom. The number of rotatable bonds is 3. The van der Waals surface area contributed by atoms with Gasteiger partial charge in [0, 0.05) is 0 Å². The van der Waals surface area contributed by atoms with Crippen molar-refractivity contribution in [2.24, 2.45) is 5.92 Å². The van der Waals surface area contributed by atoms with Crippen molar-refractivity contribution < 1.29 is 9.90 Å². The highest BCUT2D eigenvalue weighted by Gasteiger charge is 2.33. The standard InChI is InChI=1S/C8H15NO2/c1-9(2)7(8(10)11)6-4-3-5-6/h6-7H,3-5H2,1-2H3,(H,10,11)/t7-/m0/s1. The average molecular weight is 157 g/mol. The van der Waals surface area contributed by atoms with Crippen molar-refractivity contribution in [3.8, 4) is 0 Å². The predicted molar refractivity (Wildman–Crippen MR) is 42.5 cm³/mol. The van der Waals surface area contributed by atoms with Gasteiger partial charge in [-0.1, -0.05) is 6.42 Å². The Balaban J connectivity index is 2.51. The van der Waals surface area contributed by atoms with Crippen LogP contribution < -0.4 is 0 Å². The zero-order valence-electron chi connectivity index (χ0n) is 7.08. The smallest absolute Gasteiger partial charge is 0.321 e. The Hall–Kier alpha value is -0.570. The first-order chi connectivity index (χ1) is 5.13. The van der Waals surface area contributed by atoms with Crippen LogP contribution in [0, 0.1) is 5.92 Å². The van der Waals surface area contributed by atoms with Gasteiger partial charge in [0.1, 0.15) is 6.04 Å². The summed E-state index contributed by atoms with van der Waals surface area (Å²) in [5.41, 5.74) is 0. The molecule has 11 heavy (non-hydrogen) atoms. The Morgan fingerprint density at radius 1 is 1.55 bits per heavy atom. The van der Waals surface area contributed by atoms with E-state index >= 15 is 0 Å². The third-order valence-electron chi connectivity index (χ3n) is 2.41. The first-order valence-electron chi connectivity index (χ1n) is 4.02. The Bertz CT molecular complexity index is 152. The molecular weight excluding hydrogens is 142 g/mol. The van der Waals surface area contributed by atoms with E-state index in [1.54, 1.807) is 4.90 Å². The quantitative estimate of drug-likeness (QED) is 0.658. The number of carboxylic acid groups (broad SMARTS) is 1. The normalized spacial score (nSPS) is 21.4. The van der Waals surface area contributed by atoms with Crippen LogP contribution in [0.2, 0.25) is 0 Å². The lowest BCUT2D eigenvalue weighted by Crippen LogP contribution is -2.44. The number of hydrogen-bond donors (Lipinski definition) is 1. The zero-order chi connectivity index (χ0) is 8.43. The van der Waals surface area contributed by atoms with E-state index in [4.69, 9.17) is 5.11 Å². The molecule has 1 atom stereocenters. The van der Waals surface area contributed by atoms with Crippen molar-refractivity contribution in [3.05, 3.63) is 0 Å². The lowest BCUT2D eigenvalue weighted by molar-refractivity contribution is -0.145. The maximum absolute atomic E-state index is 10.7. The molecule has 0 aliphatic heterocycles. The van der Waals surface area contributed by atoms with Gasteiger partial charge in [-0.2, -0.15) is 0 Å². The molecule has 1 saturated carbocycles. The fraction of sp³-hybridized carbons (Fsp3) is 0.875. The van der Waals surface area contributed by atoms with Gasteiger partial charge in [0.2, 0.25) is 0 Å². The van der Waals surface area contributed by atoms with Crippen LogP contribution >= 0.6 is 0 Å². The van der Waals surface area contributed by atoms with Gasteiger partial charge in [0.15, 0.2) is 0 Å². The summed E-state index contributed by atoms with van der Waals surface area (Å²) in [5.74, 6) is -0.290. The van der Waals surface area contributed by atoms with Crippen LogP contribution in [0.4, 0.5) is 0 Å². The van der Waals surface area contributed by atoms with Gasteiger partial charge >= 0.3 is 5.97 Å². The highest BCUT2D eigenvalue weighted by molar-refractivity contribution is 5.73.